The average Bonchev–Trinajstić information content (AvgIpc) is 3.15. The Balaban J connectivity index is 1.65. The third-order valence-corrected chi connectivity index (χ3v) is 5.21. The highest BCUT2D eigenvalue weighted by atomic mass is 32.2. The number of hydrogen-bond acceptors (Lipinski definition) is 6. The number of hydrogen-bond donors (Lipinski definition) is 1. The van der Waals surface area contributed by atoms with E-state index in [0.717, 1.165) is 18.6 Å². The number of imide groups is 1. The van der Waals surface area contributed by atoms with Crippen LogP contribution in [0.5, 0.6) is 0 Å². The molecule has 7 nitrogen and oxygen atoms in total. The molecule has 8 heteroatoms. The van der Waals surface area contributed by atoms with Gasteiger partial charge in [0.1, 0.15) is 12.1 Å². The van der Waals surface area contributed by atoms with Crippen LogP contribution in [0.4, 0.5) is 4.79 Å². The molecule has 1 unspecified atom stereocenters. The van der Waals surface area contributed by atoms with E-state index in [2.05, 4.69) is 29.3 Å². The zero-order valence-corrected chi connectivity index (χ0v) is 13.6. The van der Waals surface area contributed by atoms with E-state index in [9.17, 15) is 9.59 Å². The summed E-state index contributed by atoms with van der Waals surface area (Å²) in [6.07, 6.45) is 2.40. The second-order valence-corrected chi connectivity index (χ2v) is 7.35. The Morgan fingerprint density at radius 1 is 1.45 bits per heavy atom. The van der Waals surface area contributed by atoms with Gasteiger partial charge in [0.15, 0.2) is 5.82 Å². The van der Waals surface area contributed by atoms with E-state index in [1.165, 1.54) is 4.90 Å². The van der Waals surface area contributed by atoms with Gasteiger partial charge in [0.05, 0.1) is 0 Å². The smallest absolute Gasteiger partial charge is 0.325 e. The number of thioether (sulfide) groups is 1. The summed E-state index contributed by atoms with van der Waals surface area (Å²) in [4.78, 5) is 30.0. The maximum atomic E-state index is 12.5. The van der Waals surface area contributed by atoms with Crippen LogP contribution < -0.4 is 5.32 Å². The first-order chi connectivity index (χ1) is 10.5. The van der Waals surface area contributed by atoms with Crippen molar-refractivity contribution < 1.29 is 14.1 Å². The van der Waals surface area contributed by atoms with Crippen LogP contribution >= 0.6 is 11.8 Å². The van der Waals surface area contributed by atoms with Crippen molar-refractivity contribution in [2.24, 2.45) is 5.92 Å². The van der Waals surface area contributed by atoms with Crippen molar-refractivity contribution in [1.82, 2.24) is 20.4 Å². The van der Waals surface area contributed by atoms with Crippen molar-refractivity contribution in [1.29, 1.82) is 0 Å². The molecular weight excluding hydrogens is 304 g/mol. The van der Waals surface area contributed by atoms with Crippen molar-refractivity contribution >= 4 is 23.7 Å². The standard InChI is InChI=1S/C14H20N4O3S/c1-9(2)3-4-10-15-11(21-17-10)7-18-12(19)14(16-13(18)20)5-6-22-8-14/h9H,3-8H2,1-2H3,(H,16,20). The predicted octanol–water partition coefficient (Wildman–Crippen LogP) is 1.59. The highest BCUT2D eigenvalue weighted by Gasteiger charge is 2.53. The van der Waals surface area contributed by atoms with Gasteiger partial charge in [-0.25, -0.2) is 4.79 Å². The highest BCUT2D eigenvalue weighted by Crippen LogP contribution is 2.33. The van der Waals surface area contributed by atoms with Gasteiger partial charge in [0, 0.05) is 12.2 Å². The fourth-order valence-electron chi connectivity index (χ4n) is 2.66. The zero-order valence-electron chi connectivity index (χ0n) is 12.8. The van der Waals surface area contributed by atoms with Crippen molar-refractivity contribution in [3.63, 3.8) is 0 Å². The third-order valence-electron chi connectivity index (χ3n) is 4.02. The van der Waals surface area contributed by atoms with Crippen LogP contribution in [0.25, 0.3) is 0 Å². The molecule has 120 valence electrons. The molecule has 1 aromatic heterocycles. The summed E-state index contributed by atoms with van der Waals surface area (Å²) in [5.41, 5.74) is -0.720. The van der Waals surface area contributed by atoms with Crippen LogP contribution in [0, 0.1) is 5.92 Å². The predicted molar refractivity (Wildman–Crippen MR) is 81.2 cm³/mol. The molecule has 0 bridgehead atoms. The Morgan fingerprint density at radius 3 is 2.95 bits per heavy atom. The lowest BCUT2D eigenvalue weighted by Gasteiger charge is -2.18. The van der Waals surface area contributed by atoms with Crippen molar-refractivity contribution in [3.05, 3.63) is 11.7 Å². The minimum absolute atomic E-state index is 0.0474. The zero-order chi connectivity index (χ0) is 15.7. The number of nitrogens with one attached hydrogen (secondary N) is 1. The monoisotopic (exact) mass is 324 g/mol. The van der Waals surface area contributed by atoms with Crippen LogP contribution in [0.3, 0.4) is 0 Å². The molecule has 1 aromatic rings. The number of carbonyl (C=O) groups excluding carboxylic acids is 2. The molecule has 2 fully saturated rings. The van der Waals surface area contributed by atoms with Crippen LogP contribution in [0.15, 0.2) is 4.52 Å². The molecule has 3 amide bonds. The fraction of sp³-hybridized carbons (Fsp3) is 0.714. The van der Waals surface area contributed by atoms with E-state index in [4.69, 9.17) is 4.52 Å². The first-order valence-electron chi connectivity index (χ1n) is 7.53. The molecule has 1 atom stereocenters. The highest BCUT2D eigenvalue weighted by molar-refractivity contribution is 7.99. The van der Waals surface area contributed by atoms with Gasteiger partial charge in [-0.3, -0.25) is 9.69 Å². The summed E-state index contributed by atoms with van der Waals surface area (Å²) in [6, 6.07) is -0.366. The second kappa shape index (κ2) is 5.91. The van der Waals surface area contributed by atoms with E-state index >= 15 is 0 Å². The molecule has 0 aliphatic carbocycles. The van der Waals surface area contributed by atoms with Crippen LogP contribution in [0.1, 0.15) is 38.4 Å². The molecule has 2 aliphatic heterocycles. The third kappa shape index (κ3) is 2.84. The van der Waals surface area contributed by atoms with Crippen LogP contribution in [0.2, 0.25) is 0 Å². The van der Waals surface area contributed by atoms with Gasteiger partial charge in [-0.05, 0) is 24.5 Å². The maximum absolute atomic E-state index is 12.5. The summed E-state index contributed by atoms with van der Waals surface area (Å²) in [6.45, 7) is 4.31. The molecule has 2 aliphatic rings. The van der Waals surface area contributed by atoms with Crippen molar-refractivity contribution in [3.8, 4) is 0 Å². The lowest BCUT2D eigenvalue weighted by molar-refractivity contribution is -0.131. The number of aryl methyl sites for hydroxylation is 1. The van der Waals surface area contributed by atoms with E-state index < -0.39 is 5.54 Å². The van der Waals surface area contributed by atoms with E-state index in [-0.39, 0.29) is 18.5 Å². The second-order valence-electron chi connectivity index (χ2n) is 6.24. The molecule has 0 saturated carbocycles. The molecule has 1 spiro atoms. The fourth-order valence-corrected chi connectivity index (χ4v) is 3.99. The Kier molecular flexibility index (Phi) is 4.12. The van der Waals surface area contributed by atoms with E-state index in [0.29, 0.717) is 29.8 Å². The Morgan fingerprint density at radius 2 is 2.27 bits per heavy atom. The number of nitrogens with zero attached hydrogens (tertiary/aromatic N) is 3. The maximum Gasteiger partial charge on any atom is 0.325 e. The van der Waals surface area contributed by atoms with Crippen LogP contribution in [-0.2, 0) is 17.8 Å². The van der Waals surface area contributed by atoms with E-state index in [1.54, 1.807) is 11.8 Å². The molecule has 0 aromatic carbocycles. The summed E-state index contributed by atoms with van der Waals surface area (Å²) >= 11 is 1.68. The number of rotatable bonds is 5. The van der Waals surface area contributed by atoms with Gasteiger partial charge < -0.3 is 9.84 Å². The molecule has 3 heterocycles. The summed E-state index contributed by atoms with van der Waals surface area (Å²) in [5, 5.41) is 6.73. The van der Waals surface area contributed by atoms with Gasteiger partial charge in [-0.15, -0.1) is 0 Å². The van der Waals surface area contributed by atoms with Crippen molar-refractivity contribution in [2.45, 2.75) is 45.2 Å². The normalized spacial score (nSPS) is 24.8. The minimum Gasteiger partial charge on any atom is -0.337 e. The number of amides is 3. The molecule has 1 N–H and O–H groups in total. The molecule has 0 radical (unpaired) electrons. The average molecular weight is 324 g/mol. The SMILES string of the molecule is CC(C)CCc1noc(CN2C(=O)NC3(CCSC3)C2=O)n1. The first-order valence-corrected chi connectivity index (χ1v) is 8.69. The number of urea groups is 1. The largest absolute Gasteiger partial charge is 0.337 e. The van der Waals surface area contributed by atoms with Gasteiger partial charge in [0.2, 0.25) is 5.89 Å². The lowest BCUT2D eigenvalue weighted by Crippen LogP contribution is -2.46. The van der Waals surface area contributed by atoms with E-state index in [1.807, 2.05) is 0 Å². The van der Waals surface area contributed by atoms with Crippen LogP contribution in [-0.4, -0.2) is 44.0 Å². The quantitative estimate of drug-likeness (QED) is 0.827. The number of carbonyl (C=O) groups is 2. The Hall–Kier alpha value is -1.57. The van der Waals surface area contributed by atoms with Gasteiger partial charge in [0.25, 0.3) is 5.91 Å². The van der Waals surface area contributed by atoms with Gasteiger partial charge in [-0.1, -0.05) is 19.0 Å². The summed E-state index contributed by atoms with van der Waals surface area (Å²) < 4.78 is 5.17. The summed E-state index contributed by atoms with van der Waals surface area (Å²) in [7, 11) is 0. The topological polar surface area (TPSA) is 88.3 Å². The molecule has 3 rings (SSSR count). The number of aromatic nitrogens is 2. The first kappa shape index (κ1) is 15.3. The Labute approximate surface area is 133 Å². The minimum atomic E-state index is -0.720. The lowest BCUT2D eigenvalue weighted by atomic mass is 9.99. The molecule has 2 saturated heterocycles. The van der Waals surface area contributed by atoms with Gasteiger partial charge in [-0.2, -0.15) is 16.7 Å². The van der Waals surface area contributed by atoms with Crippen molar-refractivity contribution in [2.75, 3.05) is 11.5 Å². The Bertz CT molecular complexity index is 580. The molecular formula is C14H20N4O3S. The summed E-state index contributed by atoms with van der Waals surface area (Å²) in [5.74, 6) is 2.85. The van der Waals surface area contributed by atoms with Gasteiger partial charge >= 0.3 is 6.03 Å². The molecule has 22 heavy (non-hydrogen) atoms.